The van der Waals surface area contributed by atoms with Gasteiger partial charge in [-0.25, -0.2) is 0 Å². The van der Waals surface area contributed by atoms with E-state index in [1.807, 2.05) is 41.1 Å². The standard InChI is InChI=1S/C18H15F3N2O/c19-18(20,21)14-5-7-15(8-6-14)22-17(24)10-12-23-11-9-13-3-1-2-4-16(13)23/h1-9,11H,10,12H2,(H,22,24). The maximum atomic E-state index is 12.5. The van der Waals surface area contributed by atoms with Gasteiger partial charge in [-0.15, -0.1) is 0 Å². The fourth-order valence-corrected chi connectivity index (χ4v) is 2.52. The summed E-state index contributed by atoms with van der Waals surface area (Å²) in [7, 11) is 0. The zero-order valence-corrected chi connectivity index (χ0v) is 12.7. The molecule has 0 saturated heterocycles. The predicted octanol–water partition coefficient (Wildman–Crippen LogP) is 4.69. The smallest absolute Gasteiger partial charge is 0.347 e. The summed E-state index contributed by atoms with van der Waals surface area (Å²) in [5.74, 6) is -0.243. The number of hydrogen-bond donors (Lipinski definition) is 1. The van der Waals surface area contributed by atoms with Crippen molar-refractivity contribution < 1.29 is 18.0 Å². The molecule has 24 heavy (non-hydrogen) atoms. The molecule has 0 saturated carbocycles. The van der Waals surface area contributed by atoms with E-state index in [0.29, 0.717) is 12.2 Å². The van der Waals surface area contributed by atoms with E-state index in [-0.39, 0.29) is 12.3 Å². The summed E-state index contributed by atoms with van der Waals surface area (Å²) in [6, 6.07) is 14.2. The first kappa shape index (κ1) is 16.1. The highest BCUT2D eigenvalue weighted by molar-refractivity contribution is 5.90. The third kappa shape index (κ3) is 3.59. The zero-order valence-electron chi connectivity index (χ0n) is 12.7. The number of aromatic nitrogens is 1. The number of benzene rings is 2. The summed E-state index contributed by atoms with van der Waals surface area (Å²) in [5.41, 5.74) is 0.657. The van der Waals surface area contributed by atoms with E-state index >= 15 is 0 Å². The molecule has 0 spiro atoms. The highest BCUT2D eigenvalue weighted by atomic mass is 19.4. The molecule has 3 aromatic rings. The summed E-state index contributed by atoms with van der Waals surface area (Å²) >= 11 is 0. The summed E-state index contributed by atoms with van der Waals surface area (Å²) in [5, 5.41) is 3.71. The van der Waals surface area contributed by atoms with Gasteiger partial charge >= 0.3 is 6.18 Å². The van der Waals surface area contributed by atoms with Crippen molar-refractivity contribution >= 4 is 22.5 Å². The summed E-state index contributed by atoms with van der Waals surface area (Å²) in [6.45, 7) is 0.500. The van der Waals surface area contributed by atoms with Crippen LogP contribution in [0.15, 0.2) is 60.8 Å². The van der Waals surface area contributed by atoms with Crippen LogP contribution in [0.25, 0.3) is 10.9 Å². The molecule has 3 rings (SSSR count). The average molecular weight is 332 g/mol. The minimum atomic E-state index is -4.38. The van der Waals surface area contributed by atoms with Crippen LogP contribution in [-0.2, 0) is 17.5 Å². The number of carbonyl (C=O) groups is 1. The van der Waals surface area contributed by atoms with E-state index in [0.717, 1.165) is 23.0 Å². The quantitative estimate of drug-likeness (QED) is 0.739. The van der Waals surface area contributed by atoms with Crippen LogP contribution in [0.4, 0.5) is 18.9 Å². The van der Waals surface area contributed by atoms with Gasteiger partial charge in [-0.1, -0.05) is 18.2 Å². The number of alkyl halides is 3. The van der Waals surface area contributed by atoms with Gasteiger partial charge in [-0.3, -0.25) is 4.79 Å². The van der Waals surface area contributed by atoms with Crippen LogP contribution < -0.4 is 5.32 Å². The number of carbonyl (C=O) groups excluding carboxylic acids is 1. The molecule has 1 aromatic heterocycles. The lowest BCUT2D eigenvalue weighted by Crippen LogP contribution is -2.14. The molecular formula is C18H15F3N2O. The molecule has 0 aliphatic rings. The van der Waals surface area contributed by atoms with Gasteiger partial charge in [0.2, 0.25) is 5.91 Å². The van der Waals surface area contributed by atoms with Gasteiger partial charge in [0.25, 0.3) is 0 Å². The number of amides is 1. The topological polar surface area (TPSA) is 34.0 Å². The molecule has 1 amide bonds. The fourth-order valence-electron chi connectivity index (χ4n) is 2.52. The van der Waals surface area contributed by atoms with Gasteiger partial charge in [-0.2, -0.15) is 13.2 Å². The third-order valence-corrected chi connectivity index (χ3v) is 3.76. The Bertz CT molecular complexity index is 851. The SMILES string of the molecule is O=C(CCn1ccc2ccccc21)Nc1ccc(C(F)(F)F)cc1. The van der Waals surface area contributed by atoms with Crippen LogP contribution in [0.1, 0.15) is 12.0 Å². The second kappa shape index (κ2) is 6.39. The Kier molecular flexibility index (Phi) is 4.29. The number of aryl methyl sites for hydroxylation is 1. The number of fused-ring (bicyclic) bond motifs is 1. The van der Waals surface area contributed by atoms with E-state index in [9.17, 15) is 18.0 Å². The van der Waals surface area contributed by atoms with E-state index in [4.69, 9.17) is 0 Å². The van der Waals surface area contributed by atoms with Crippen molar-refractivity contribution in [3.63, 3.8) is 0 Å². The van der Waals surface area contributed by atoms with Crippen LogP contribution in [0.3, 0.4) is 0 Å². The zero-order chi connectivity index (χ0) is 17.2. The molecule has 0 bridgehead atoms. The molecule has 0 aliphatic carbocycles. The molecule has 6 heteroatoms. The lowest BCUT2D eigenvalue weighted by atomic mass is 10.2. The molecule has 1 heterocycles. The van der Waals surface area contributed by atoms with Crippen LogP contribution in [0, 0.1) is 0 Å². The molecule has 0 atom stereocenters. The van der Waals surface area contributed by atoms with Gasteiger partial charge in [0.1, 0.15) is 0 Å². The van der Waals surface area contributed by atoms with Crippen molar-refractivity contribution in [3.8, 4) is 0 Å². The number of nitrogens with one attached hydrogen (secondary N) is 1. The number of para-hydroxylation sites is 1. The van der Waals surface area contributed by atoms with Crippen molar-refractivity contribution in [3.05, 3.63) is 66.4 Å². The first-order valence-electron chi connectivity index (χ1n) is 7.44. The van der Waals surface area contributed by atoms with Crippen LogP contribution in [0.5, 0.6) is 0 Å². The Morgan fingerprint density at radius 2 is 1.71 bits per heavy atom. The fraction of sp³-hybridized carbons (Fsp3) is 0.167. The van der Waals surface area contributed by atoms with Crippen molar-refractivity contribution in [1.29, 1.82) is 0 Å². The van der Waals surface area contributed by atoms with Crippen LogP contribution in [-0.4, -0.2) is 10.5 Å². The van der Waals surface area contributed by atoms with Gasteiger partial charge in [0.15, 0.2) is 0 Å². The van der Waals surface area contributed by atoms with Gasteiger partial charge < -0.3 is 9.88 Å². The Balaban J connectivity index is 1.60. The van der Waals surface area contributed by atoms with Crippen LogP contribution in [0.2, 0.25) is 0 Å². The predicted molar refractivity (Wildman–Crippen MR) is 86.6 cm³/mol. The largest absolute Gasteiger partial charge is 0.416 e. The molecule has 0 fully saturated rings. The molecule has 2 aromatic carbocycles. The second-order valence-electron chi connectivity index (χ2n) is 5.44. The third-order valence-electron chi connectivity index (χ3n) is 3.76. The number of anilines is 1. The Hall–Kier alpha value is -2.76. The number of halogens is 3. The normalized spacial score (nSPS) is 11.6. The molecule has 0 radical (unpaired) electrons. The molecule has 3 nitrogen and oxygen atoms in total. The molecule has 124 valence electrons. The van der Waals surface area contributed by atoms with Crippen molar-refractivity contribution in [2.75, 3.05) is 5.32 Å². The first-order valence-corrected chi connectivity index (χ1v) is 7.44. The summed E-state index contributed by atoms with van der Waals surface area (Å²) < 4.78 is 39.5. The minimum Gasteiger partial charge on any atom is -0.347 e. The Morgan fingerprint density at radius 1 is 1.00 bits per heavy atom. The number of rotatable bonds is 4. The van der Waals surface area contributed by atoms with Crippen molar-refractivity contribution in [2.24, 2.45) is 0 Å². The molecule has 0 unspecified atom stereocenters. The highest BCUT2D eigenvalue weighted by Crippen LogP contribution is 2.29. The lowest BCUT2D eigenvalue weighted by molar-refractivity contribution is -0.137. The Labute approximate surface area is 136 Å². The Morgan fingerprint density at radius 3 is 2.42 bits per heavy atom. The van der Waals surface area contributed by atoms with Gasteiger partial charge in [-0.05, 0) is 41.8 Å². The number of hydrogen-bond acceptors (Lipinski definition) is 1. The first-order chi connectivity index (χ1) is 11.4. The van der Waals surface area contributed by atoms with E-state index in [1.165, 1.54) is 12.1 Å². The van der Waals surface area contributed by atoms with E-state index in [1.54, 1.807) is 0 Å². The number of nitrogens with zero attached hydrogens (tertiary/aromatic N) is 1. The summed E-state index contributed by atoms with van der Waals surface area (Å²) in [6.07, 6.45) is -2.23. The maximum absolute atomic E-state index is 12.5. The summed E-state index contributed by atoms with van der Waals surface area (Å²) in [4.78, 5) is 12.0. The van der Waals surface area contributed by atoms with Crippen LogP contribution >= 0.6 is 0 Å². The molecule has 0 aliphatic heterocycles. The van der Waals surface area contributed by atoms with Gasteiger partial charge in [0, 0.05) is 30.4 Å². The lowest BCUT2D eigenvalue weighted by Gasteiger charge is -2.09. The van der Waals surface area contributed by atoms with Crippen molar-refractivity contribution in [2.45, 2.75) is 19.1 Å². The monoisotopic (exact) mass is 332 g/mol. The highest BCUT2D eigenvalue weighted by Gasteiger charge is 2.29. The van der Waals surface area contributed by atoms with Crippen molar-refractivity contribution in [1.82, 2.24) is 4.57 Å². The maximum Gasteiger partial charge on any atom is 0.416 e. The van der Waals surface area contributed by atoms with E-state index < -0.39 is 11.7 Å². The second-order valence-corrected chi connectivity index (χ2v) is 5.44. The van der Waals surface area contributed by atoms with E-state index in [2.05, 4.69) is 5.32 Å². The minimum absolute atomic E-state index is 0.236. The molecular weight excluding hydrogens is 317 g/mol. The molecule has 1 N–H and O–H groups in total. The van der Waals surface area contributed by atoms with Gasteiger partial charge in [0.05, 0.1) is 5.56 Å². The average Bonchev–Trinajstić information content (AvgIpc) is 2.96.